The fourth-order valence-corrected chi connectivity index (χ4v) is 2.49. The Morgan fingerprint density at radius 1 is 0.909 bits per heavy atom. The minimum Gasteiger partial charge on any atom is -0.493 e. The number of hydrogen-bond donors (Lipinski definition) is 0. The van der Waals surface area contributed by atoms with Gasteiger partial charge in [-0.2, -0.15) is 0 Å². The number of pyridine rings is 1. The van der Waals surface area contributed by atoms with Crippen LogP contribution >= 0.6 is 0 Å². The standard InChI is InChI=1S/C18H16FNO2/c1-11-8-15(12-4-6-13(19)7-5-12)20-16-10-18(22-3)17(21-2)9-14(11)16/h4-10H,1-3H3. The average molecular weight is 297 g/mol. The predicted octanol–water partition coefficient (Wildman–Crippen LogP) is 4.37. The van der Waals surface area contributed by atoms with E-state index in [4.69, 9.17) is 9.47 Å². The van der Waals surface area contributed by atoms with E-state index in [1.54, 1.807) is 26.4 Å². The van der Waals surface area contributed by atoms with Crippen LogP contribution in [0.1, 0.15) is 5.56 Å². The van der Waals surface area contributed by atoms with E-state index >= 15 is 0 Å². The summed E-state index contributed by atoms with van der Waals surface area (Å²) in [5.74, 6) is 1.06. The summed E-state index contributed by atoms with van der Waals surface area (Å²) in [7, 11) is 3.21. The lowest BCUT2D eigenvalue weighted by atomic mass is 10.0. The molecule has 0 bridgehead atoms. The number of aryl methyl sites for hydroxylation is 1. The third-order valence-corrected chi connectivity index (χ3v) is 3.66. The topological polar surface area (TPSA) is 31.4 Å². The highest BCUT2D eigenvalue weighted by Gasteiger charge is 2.11. The zero-order valence-electron chi connectivity index (χ0n) is 12.7. The van der Waals surface area contributed by atoms with E-state index in [9.17, 15) is 4.39 Å². The number of aromatic nitrogens is 1. The van der Waals surface area contributed by atoms with Gasteiger partial charge in [-0.1, -0.05) is 0 Å². The minimum absolute atomic E-state index is 0.257. The largest absolute Gasteiger partial charge is 0.493 e. The van der Waals surface area contributed by atoms with Crippen LogP contribution in [0, 0.1) is 12.7 Å². The van der Waals surface area contributed by atoms with Gasteiger partial charge in [0.25, 0.3) is 0 Å². The van der Waals surface area contributed by atoms with Crippen molar-refractivity contribution in [2.75, 3.05) is 14.2 Å². The van der Waals surface area contributed by atoms with E-state index in [-0.39, 0.29) is 5.82 Å². The summed E-state index contributed by atoms with van der Waals surface area (Å²) in [4.78, 5) is 4.66. The van der Waals surface area contributed by atoms with E-state index in [1.165, 1.54) is 12.1 Å². The van der Waals surface area contributed by atoms with Crippen LogP contribution in [0.5, 0.6) is 11.5 Å². The number of halogens is 1. The molecule has 112 valence electrons. The first kappa shape index (κ1) is 14.3. The molecule has 0 radical (unpaired) electrons. The fourth-order valence-electron chi connectivity index (χ4n) is 2.49. The number of ether oxygens (including phenoxy) is 2. The molecule has 0 unspecified atom stereocenters. The Kier molecular flexibility index (Phi) is 3.67. The van der Waals surface area contributed by atoms with Gasteiger partial charge < -0.3 is 9.47 Å². The third kappa shape index (κ3) is 2.48. The van der Waals surface area contributed by atoms with Gasteiger partial charge in [0, 0.05) is 17.0 Å². The van der Waals surface area contributed by atoms with Crippen molar-refractivity contribution in [2.24, 2.45) is 0 Å². The van der Waals surface area contributed by atoms with Gasteiger partial charge in [0.05, 0.1) is 25.4 Å². The average Bonchev–Trinajstić information content (AvgIpc) is 2.54. The van der Waals surface area contributed by atoms with Crippen molar-refractivity contribution in [3.63, 3.8) is 0 Å². The third-order valence-electron chi connectivity index (χ3n) is 3.66. The van der Waals surface area contributed by atoms with Gasteiger partial charge in [0.1, 0.15) is 5.82 Å². The SMILES string of the molecule is COc1cc2nc(-c3ccc(F)cc3)cc(C)c2cc1OC. The van der Waals surface area contributed by atoms with Crippen LogP contribution in [0.15, 0.2) is 42.5 Å². The Morgan fingerprint density at radius 3 is 2.18 bits per heavy atom. The molecule has 0 spiro atoms. The fraction of sp³-hybridized carbons (Fsp3) is 0.167. The number of rotatable bonds is 3. The number of benzene rings is 2. The van der Waals surface area contributed by atoms with Gasteiger partial charge in [-0.3, -0.25) is 0 Å². The van der Waals surface area contributed by atoms with Crippen LogP contribution in [-0.2, 0) is 0 Å². The molecule has 2 aromatic carbocycles. The Labute approximate surface area is 128 Å². The van der Waals surface area contributed by atoms with E-state index in [1.807, 2.05) is 25.1 Å². The number of methoxy groups -OCH3 is 2. The zero-order chi connectivity index (χ0) is 15.7. The molecular weight excluding hydrogens is 281 g/mol. The summed E-state index contributed by atoms with van der Waals surface area (Å²) in [6.45, 7) is 2.02. The Morgan fingerprint density at radius 2 is 1.55 bits per heavy atom. The maximum absolute atomic E-state index is 13.1. The molecule has 3 rings (SSSR count). The Bertz CT molecular complexity index is 829. The van der Waals surface area contributed by atoms with Gasteiger partial charge in [-0.25, -0.2) is 9.37 Å². The second-order valence-electron chi connectivity index (χ2n) is 5.06. The van der Waals surface area contributed by atoms with Crippen molar-refractivity contribution in [3.8, 4) is 22.8 Å². The zero-order valence-corrected chi connectivity index (χ0v) is 12.7. The lowest BCUT2D eigenvalue weighted by Crippen LogP contribution is -1.94. The van der Waals surface area contributed by atoms with Crippen LogP contribution in [-0.4, -0.2) is 19.2 Å². The van der Waals surface area contributed by atoms with Gasteiger partial charge in [-0.05, 0) is 48.9 Å². The number of nitrogens with zero attached hydrogens (tertiary/aromatic N) is 1. The normalized spacial score (nSPS) is 10.7. The van der Waals surface area contributed by atoms with Crippen molar-refractivity contribution >= 4 is 10.9 Å². The molecule has 0 amide bonds. The summed E-state index contributed by atoms with van der Waals surface area (Å²) in [5.41, 5.74) is 3.57. The van der Waals surface area contributed by atoms with Crippen LogP contribution < -0.4 is 9.47 Å². The smallest absolute Gasteiger partial charge is 0.162 e. The van der Waals surface area contributed by atoms with Crippen LogP contribution in [0.2, 0.25) is 0 Å². The molecule has 3 aromatic rings. The Hall–Kier alpha value is -2.62. The van der Waals surface area contributed by atoms with Gasteiger partial charge in [0.15, 0.2) is 11.5 Å². The Balaban J connectivity index is 2.21. The number of fused-ring (bicyclic) bond motifs is 1. The summed E-state index contributed by atoms with van der Waals surface area (Å²) >= 11 is 0. The molecule has 0 fully saturated rings. The summed E-state index contributed by atoms with van der Waals surface area (Å²) in [6.07, 6.45) is 0. The predicted molar refractivity (Wildman–Crippen MR) is 85.0 cm³/mol. The first-order chi connectivity index (χ1) is 10.6. The molecule has 0 atom stereocenters. The molecule has 0 saturated heterocycles. The van der Waals surface area contributed by atoms with Crippen molar-refractivity contribution in [3.05, 3.63) is 53.8 Å². The monoisotopic (exact) mass is 297 g/mol. The van der Waals surface area contributed by atoms with Crippen LogP contribution in [0.4, 0.5) is 4.39 Å². The van der Waals surface area contributed by atoms with Crippen molar-refractivity contribution in [1.29, 1.82) is 0 Å². The minimum atomic E-state index is -0.257. The molecular formula is C18H16FNO2. The second-order valence-corrected chi connectivity index (χ2v) is 5.06. The molecule has 0 aliphatic carbocycles. The number of hydrogen-bond acceptors (Lipinski definition) is 3. The van der Waals surface area contributed by atoms with E-state index < -0.39 is 0 Å². The molecule has 1 aromatic heterocycles. The quantitative estimate of drug-likeness (QED) is 0.719. The van der Waals surface area contributed by atoms with Crippen LogP contribution in [0.3, 0.4) is 0 Å². The first-order valence-electron chi connectivity index (χ1n) is 6.91. The van der Waals surface area contributed by atoms with Crippen molar-refractivity contribution in [1.82, 2.24) is 4.98 Å². The summed E-state index contributed by atoms with van der Waals surface area (Å²) in [5, 5.41) is 1.00. The van der Waals surface area contributed by atoms with Gasteiger partial charge in [0.2, 0.25) is 0 Å². The van der Waals surface area contributed by atoms with Gasteiger partial charge >= 0.3 is 0 Å². The molecule has 22 heavy (non-hydrogen) atoms. The van der Waals surface area contributed by atoms with Crippen molar-refractivity contribution in [2.45, 2.75) is 6.92 Å². The lowest BCUT2D eigenvalue weighted by molar-refractivity contribution is 0.356. The van der Waals surface area contributed by atoms with Gasteiger partial charge in [-0.15, -0.1) is 0 Å². The maximum Gasteiger partial charge on any atom is 0.162 e. The van der Waals surface area contributed by atoms with E-state index in [0.29, 0.717) is 11.5 Å². The summed E-state index contributed by atoms with van der Waals surface area (Å²) < 4.78 is 23.7. The first-order valence-corrected chi connectivity index (χ1v) is 6.91. The summed E-state index contributed by atoms with van der Waals surface area (Å²) in [6, 6.07) is 12.1. The van der Waals surface area contributed by atoms with E-state index in [2.05, 4.69) is 4.98 Å². The molecule has 0 aliphatic rings. The molecule has 0 saturated carbocycles. The molecule has 0 aliphatic heterocycles. The highest BCUT2D eigenvalue weighted by Crippen LogP contribution is 2.34. The highest BCUT2D eigenvalue weighted by molar-refractivity contribution is 5.88. The molecule has 4 heteroatoms. The van der Waals surface area contributed by atoms with E-state index in [0.717, 1.165) is 27.7 Å². The van der Waals surface area contributed by atoms with Crippen LogP contribution in [0.25, 0.3) is 22.2 Å². The molecule has 0 N–H and O–H groups in total. The highest BCUT2D eigenvalue weighted by atomic mass is 19.1. The van der Waals surface area contributed by atoms with Crippen molar-refractivity contribution < 1.29 is 13.9 Å². The molecule has 1 heterocycles. The lowest BCUT2D eigenvalue weighted by Gasteiger charge is -2.12. The maximum atomic E-state index is 13.1. The molecule has 3 nitrogen and oxygen atoms in total. The second kappa shape index (κ2) is 5.64.